The second kappa shape index (κ2) is 9.02. The van der Waals surface area contributed by atoms with Gasteiger partial charge >= 0.3 is 0 Å². The molecule has 3 aliphatic rings. The Morgan fingerprint density at radius 2 is 1.42 bits per heavy atom. The van der Waals surface area contributed by atoms with Crippen molar-refractivity contribution >= 4 is 16.1 Å². The van der Waals surface area contributed by atoms with Gasteiger partial charge in [0.25, 0.3) is 10.2 Å². The first-order valence-electron chi connectivity index (χ1n) is 10.5. The Bertz CT molecular complexity index is 561. The van der Waals surface area contributed by atoms with Gasteiger partial charge in [0.1, 0.15) is 0 Å². The minimum absolute atomic E-state index is 0.0386. The van der Waals surface area contributed by atoms with Crippen molar-refractivity contribution in [2.45, 2.75) is 89.1 Å². The minimum atomic E-state index is -3.40. The average Bonchev–Trinajstić information content (AvgIpc) is 2.69. The molecule has 1 saturated heterocycles. The van der Waals surface area contributed by atoms with Crippen molar-refractivity contribution in [1.29, 1.82) is 0 Å². The predicted molar refractivity (Wildman–Crippen MR) is 103 cm³/mol. The molecule has 0 aromatic carbocycles. The highest BCUT2D eigenvalue weighted by Gasteiger charge is 2.36. The zero-order valence-electron chi connectivity index (χ0n) is 16.2. The second-order valence-electron chi connectivity index (χ2n) is 8.33. The second-order valence-corrected chi connectivity index (χ2v) is 10.3. The molecule has 1 heterocycles. The van der Waals surface area contributed by atoms with E-state index in [1.54, 1.807) is 15.7 Å². The maximum Gasteiger partial charge on any atom is 0.281 e. The van der Waals surface area contributed by atoms with Crippen LogP contribution in [-0.4, -0.2) is 55.2 Å². The van der Waals surface area contributed by atoms with E-state index in [1.807, 2.05) is 0 Å². The lowest BCUT2D eigenvalue weighted by molar-refractivity contribution is -0.127. The van der Waals surface area contributed by atoms with Gasteiger partial charge in [-0.3, -0.25) is 4.79 Å². The summed E-state index contributed by atoms with van der Waals surface area (Å²) >= 11 is 0. The lowest BCUT2D eigenvalue weighted by Crippen LogP contribution is -2.51. The number of amides is 1. The third kappa shape index (κ3) is 4.78. The van der Waals surface area contributed by atoms with Gasteiger partial charge in [-0.25, -0.2) is 0 Å². The van der Waals surface area contributed by atoms with Crippen molar-refractivity contribution in [3.63, 3.8) is 0 Å². The lowest BCUT2D eigenvalue weighted by atomic mass is 9.93. The van der Waals surface area contributed by atoms with Gasteiger partial charge in [-0.2, -0.15) is 17.0 Å². The summed E-state index contributed by atoms with van der Waals surface area (Å²) in [4.78, 5) is 12.5. The van der Waals surface area contributed by atoms with Crippen LogP contribution < -0.4 is 5.32 Å². The van der Waals surface area contributed by atoms with Crippen LogP contribution in [-0.2, 0) is 15.0 Å². The molecule has 1 amide bonds. The van der Waals surface area contributed by atoms with E-state index in [2.05, 4.69) is 5.32 Å². The van der Waals surface area contributed by atoms with Crippen molar-refractivity contribution in [3.05, 3.63) is 0 Å². The number of hydrogen-bond acceptors (Lipinski definition) is 3. The number of carbonyl (C=O) groups is 1. The van der Waals surface area contributed by atoms with Crippen LogP contribution >= 0.6 is 0 Å². The standard InChI is InChI=1S/C19H35N3O3S/c1-21(18-10-6-3-7-11-18)26(24,25)22-14-12-16(13-15-22)19(23)20-17-8-4-2-5-9-17/h16-18H,2-15H2,1H3,(H,20,23). The molecule has 0 bridgehead atoms. The van der Waals surface area contributed by atoms with Gasteiger partial charge < -0.3 is 5.32 Å². The van der Waals surface area contributed by atoms with Crippen LogP contribution in [0.25, 0.3) is 0 Å². The number of nitrogens with zero attached hydrogens (tertiary/aromatic N) is 2. The quantitative estimate of drug-likeness (QED) is 0.791. The summed E-state index contributed by atoms with van der Waals surface area (Å²) in [6, 6.07) is 0.469. The van der Waals surface area contributed by atoms with Crippen LogP contribution in [0.1, 0.15) is 77.0 Å². The number of rotatable bonds is 5. The molecule has 0 aromatic rings. The molecule has 2 aliphatic carbocycles. The first-order chi connectivity index (χ1) is 12.5. The van der Waals surface area contributed by atoms with Gasteiger partial charge in [-0.15, -0.1) is 0 Å². The van der Waals surface area contributed by atoms with Crippen molar-refractivity contribution in [2.24, 2.45) is 5.92 Å². The van der Waals surface area contributed by atoms with E-state index >= 15 is 0 Å². The minimum Gasteiger partial charge on any atom is -0.353 e. The fourth-order valence-electron chi connectivity index (χ4n) is 4.73. The van der Waals surface area contributed by atoms with Gasteiger partial charge in [-0.1, -0.05) is 38.5 Å². The predicted octanol–water partition coefficient (Wildman–Crippen LogP) is 2.66. The Hall–Kier alpha value is -0.660. The number of carbonyl (C=O) groups excluding carboxylic acids is 1. The first-order valence-corrected chi connectivity index (χ1v) is 11.9. The van der Waals surface area contributed by atoms with Gasteiger partial charge in [-0.05, 0) is 38.5 Å². The fourth-order valence-corrected chi connectivity index (χ4v) is 6.35. The van der Waals surface area contributed by atoms with Gasteiger partial charge in [0, 0.05) is 38.1 Å². The molecule has 1 aliphatic heterocycles. The summed E-state index contributed by atoms with van der Waals surface area (Å²) in [7, 11) is -1.67. The molecule has 3 rings (SSSR count). The van der Waals surface area contributed by atoms with Crippen molar-refractivity contribution in [3.8, 4) is 0 Å². The molecule has 0 aromatic heterocycles. The zero-order chi connectivity index (χ0) is 18.6. The Kier molecular flexibility index (Phi) is 6.97. The zero-order valence-corrected chi connectivity index (χ0v) is 17.0. The number of nitrogens with one attached hydrogen (secondary N) is 1. The molecule has 2 saturated carbocycles. The molecule has 6 nitrogen and oxygen atoms in total. The fraction of sp³-hybridized carbons (Fsp3) is 0.947. The van der Waals surface area contributed by atoms with Crippen molar-refractivity contribution in [2.75, 3.05) is 20.1 Å². The maximum atomic E-state index is 12.9. The smallest absolute Gasteiger partial charge is 0.281 e. The molecule has 3 fully saturated rings. The molecule has 26 heavy (non-hydrogen) atoms. The molecule has 7 heteroatoms. The third-order valence-corrected chi connectivity index (χ3v) is 8.60. The summed E-state index contributed by atoms with van der Waals surface area (Å²) < 4.78 is 29.0. The highest BCUT2D eigenvalue weighted by Crippen LogP contribution is 2.27. The van der Waals surface area contributed by atoms with Crippen LogP contribution in [0.5, 0.6) is 0 Å². The van der Waals surface area contributed by atoms with E-state index in [0.29, 0.717) is 32.0 Å². The molecule has 0 atom stereocenters. The molecule has 0 spiro atoms. The summed E-state index contributed by atoms with van der Waals surface area (Å²) in [5, 5.41) is 3.20. The van der Waals surface area contributed by atoms with E-state index < -0.39 is 10.2 Å². The first kappa shape index (κ1) is 20.1. The Balaban J connectivity index is 1.49. The highest BCUT2D eigenvalue weighted by molar-refractivity contribution is 7.86. The maximum absolute atomic E-state index is 12.9. The molecule has 0 radical (unpaired) electrons. The number of piperidine rings is 1. The normalized spacial score (nSPS) is 25.5. The van der Waals surface area contributed by atoms with Crippen LogP contribution in [0, 0.1) is 5.92 Å². The molecular weight excluding hydrogens is 350 g/mol. The van der Waals surface area contributed by atoms with E-state index in [1.165, 1.54) is 25.7 Å². The van der Waals surface area contributed by atoms with Crippen LogP contribution in [0.3, 0.4) is 0 Å². The Labute approximate surface area is 158 Å². The van der Waals surface area contributed by atoms with E-state index in [0.717, 1.165) is 38.5 Å². The van der Waals surface area contributed by atoms with Gasteiger partial charge in [0.2, 0.25) is 5.91 Å². The lowest BCUT2D eigenvalue weighted by Gasteiger charge is -2.37. The topological polar surface area (TPSA) is 69.7 Å². The summed E-state index contributed by atoms with van der Waals surface area (Å²) in [5.41, 5.74) is 0. The van der Waals surface area contributed by atoms with Crippen LogP contribution in [0.4, 0.5) is 0 Å². The summed E-state index contributed by atoms with van der Waals surface area (Å²) in [5.74, 6) is 0.0953. The van der Waals surface area contributed by atoms with Crippen LogP contribution in [0.15, 0.2) is 0 Å². The Morgan fingerprint density at radius 1 is 0.885 bits per heavy atom. The van der Waals surface area contributed by atoms with Crippen LogP contribution in [0.2, 0.25) is 0 Å². The highest BCUT2D eigenvalue weighted by atomic mass is 32.2. The average molecular weight is 386 g/mol. The molecular formula is C19H35N3O3S. The van der Waals surface area contributed by atoms with Gasteiger partial charge in [0.05, 0.1) is 0 Å². The van der Waals surface area contributed by atoms with Crippen molar-refractivity contribution < 1.29 is 13.2 Å². The molecule has 150 valence electrons. The SMILES string of the molecule is CN(C1CCCCC1)S(=O)(=O)N1CCC(C(=O)NC2CCCCC2)CC1. The summed E-state index contributed by atoms with van der Waals surface area (Å²) in [6.45, 7) is 0.921. The Morgan fingerprint density at radius 3 is 2.00 bits per heavy atom. The van der Waals surface area contributed by atoms with E-state index in [-0.39, 0.29) is 17.9 Å². The molecule has 0 unspecified atom stereocenters. The van der Waals surface area contributed by atoms with E-state index in [9.17, 15) is 13.2 Å². The largest absolute Gasteiger partial charge is 0.353 e. The van der Waals surface area contributed by atoms with Crippen molar-refractivity contribution in [1.82, 2.24) is 13.9 Å². The van der Waals surface area contributed by atoms with E-state index in [4.69, 9.17) is 0 Å². The molecule has 1 N–H and O–H groups in total. The number of hydrogen-bond donors (Lipinski definition) is 1. The monoisotopic (exact) mass is 385 g/mol. The summed E-state index contributed by atoms with van der Waals surface area (Å²) in [6.07, 6.45) is 12.5. The van der Waals surface area contributed by atoms with Gasteiger partial charge in [0.15, 0.2) is 0 Å². The third-order valence-electron chi connectivity index (χ3n) is 6.56.